The van der Waals surface area contributed by atoms with Crippen molar-refractivity contribution in [1.82, 2.24) is 10.1 Å². The van der Waals surface area contributed by atoms with Gasteiger partial charge in [-0.15, -0.1) is 0 Å². The van der Waals surface area contributed by atoms with E-state index in [0.717, 1.165) is 0 Å². The van der Waals surface area contributed by atoms with Gasteiger partial charge in [-0.25, -0.2) is 0 Å². The number of hydrogen-bond acceptors (Lipinski definition) is 6. The third kappa shape index (κ3) is 2.24. The van der Waals surface area contributed by atoms with Crippen LogP contribution in [-0.2, 0) is 0 Å². The number of nitrogens with two attached hydrogens (primary N) is 1. The predicted octanol–water partition coefficient (Wildman–Crippen LogP) is 1.22. The Morgan fingerprint density at radius 2 is 2.28 bits per heavy atom. The van der Waals surface area contributed by atoms with Crippen LogP contribution in [0.4, 0.5) is 11.7 Å². The number of carbonyl (C=O) groups is 1. The number of rotatable bonds is 3. The van der Waals surface area contributed by atoms with Gasteiger partial charge in [0, 0.05) is 0 Å². The van der Waals surface area contributed by atoms with Gasteiger partial charge in [-0.05, 0) is 19.1 Å². The second-order valence-electron chi connectivity index (χ2n) is 3.53. The number of methoxy groups -OCH3 is 1. The number of ether oxygens (including phenoxy) is 1. The van der Waals surface area contributed by atoms with Gasteiger partial charge in [0.05, 0.1) is 18.4 Å². The van der Waals surface area contributed by atoms with Gasteiger partial charge in [-0.2, -0.15) is 4.98 Å². The number of nitrogen functional groups attached to an aromatic ring is 1. The normalized spacial score (nSPS) is 10.1. The number of nitrogens with one attached hydrogen (secondary N) is 1. The van der Waals surface area contributed by atoms with Crippen molar-refractivity contribution in [2.45, 2.75) is 6.92 Å². The van der Waals surface area contributed by atoms with Crippen LogP contribution in [0.2, 0.25) is 0 Å². The lowest BCUT2D eigenvalue weighted by Gasteiger charge is -2.09. The molecule has 0 fully saturated rings. The van der Waals surface area contributed by atoms with Gasteiger partial charge in [0.25, 0.3) is 5.91 Å². The number of para-hydroxylation sites is 1. The molecule has 0 spiro atoms. The lowest BCUT2D eigenvalue weighted by molar-refractivity contribution is 0.102. The van der Waals surface area contributed by atoms with E-state index >= 15 is 0 Å². The largest absolute Gasteiger partial charge is 0.494 e. The van der Waals surface area contributed by atoms with Crippen LogP contribution >= 0.6 is 0 Å². The SMILES string of the molecule is COc1c(N)cccc1C(=O)Nc1nc(C)no1. The first kappa shape index (κ1) is 11.9. The Hall–Kier alpha value is -2.57. The predicted molar refractivity (Wildman–Crippen MR) is 64.4 cm³/mol. The maximum atomic E-state index is 12.0. The summed E-state index contributed by atoms with van der Waals surface area (Å²) < 4.78 is 9.88. The van der Waals surface area contributed by atoms with Crippen molar-refractivity contribution in [3.8, 4) is 5.75 Å². The van der Waals surface area contributed by atoms with Crippen LogP contribution in [0.3, 0.4) is 0 Å². The molecule has 3 N–H and O–H groups in total. The molecule has 0 radical (unpaired) electrons. The molecule has 0 aliphatic carbocycles. The van der Waals surface area contributed by atoms with Crippen LogP contribution in [0, 0.1) is 6.92 Å². The molecule has 0 bridgehead atoms. The highest BCUT2D eigenvalue weighted by Gasteiger charge is 2.16. The average Bonchev–Trinajstić information content (AvgIpc) is 2.74. The van der Waals surface area contributed by atoms with Crippen molar-refractivity contribution in [2.24, 2.45) is 0 Å². The van der Waals surface area contributed by atoms with Crippen molar-refractivity contribution in [2.75, 3.05) is 18.2 Å². The second kappa shape index (κ2) is 4.74. The second-order valence-corrected chi connectivity index (χ2v) is 3.53. The molecule has 0 aliphatic heterocycles. The van der Waals surface area contributed by atoms with Gasteiger partial charge in [-0.3, -0.25) is 10.1 Å². The highest BCUT2D eigenvalue weighted by atomic mass is 16.5. The Bertz CT molecular complexity index is 579. The molecule has 0 unspecified atom stereocenters. The zero-order valence-corrected chi connectivity index (χ0v) is 9.93. The molecule has 2 rings (SSSR count). The summed E-state index contributed by atoms with van der Waals surface area (Å²) in [6.45, 7) is 1.65. The number of aryl methyl sites for hydroxylation is 1. The van der Waals surface area contributed by atoms with Crippen LogP contribution in [-0.4, -0.2) is 23.2 Å². The van der Waals surface area contributed by atoms with E-state index in [9.17, 15) is 4.79 Å². The van der Waals surface area contributed by atoms with E-state index in [2.05, 4.69) is 15.5 Å². The first-order valence-corrected chi connectivity index (χ1v) is 5.16. The van der Waals surface area contributed by atoms with E-state index in [1.807, 2.05) is 0 Å². The molecular formula is C11H12N4O3. The van der Waals surface area contributed by atoms with Crippen molar-refractivity contribution in [3.05, 3.63) is 29.6 Å². The van der Waals surface area contributed by atoms with E-state index in [4.69, 9.17) is 15.0 Å². The average molecular weight is 248 g/mol. The van der Waals surface area contributed by atoms with E-state index in [1.165, 1.54) is 7.11 Å². The molecule has 1 aromatic heterocycles. The summed E-state index contributed by atoms with van der Waals surface area (Å²) in [6, 6.07) is 4.92. The van der Waals surface area contributed by atoms with Gasteiger partial charge in [-0.1, -0.05) is 11.2 Å². The Morgan fingerprint density at radius 3 is 2.89 bits per heavy atom. The Kier molecular flexibility index (Phi) is 3.13. The Labute approximate surface area is 103 Å². The van der Waals surface area contributed by atoms with E-state index in [-0.39, 0.29) is 6.01 Å². The van der Waals surface area contributed by atoms with E-state index < -0.39 is 5.91 Å². The number of anilines is 2. The van der Waals surface area contributed by atoms with Crippen molar-refractivity contribution >= 4 is 17.6 Å². The summed E-state index contributed by atoms with van der Waals surface area (Å²) in [5.41, 5.74) is 6.39. The number of hydrogen-bond donors (Lipinski definition) is 2. The van der Waals surface area contributed by atoms with Crippen molar-refractivity contribution in [1.29, 1.82) is 0 Å². The monoisotopic (exact) mass is 248 g/mol. The lowest BCUT2D eigenvalue weighted by atomic mass is 10.1. The first-order valence-electron chi connectivity index (χ1n) is 5.16. The van der Waals surface area contributed by atoms with E-state index in [0.29, 0.717) is 22.8 Å². The lowest BCUT2D eigenvalue weighted by Crippen LogP contribution is -2.14. The van der Waals surface area contributed by atoms with Gasteiger partial charge >= 0.3 is 6.01 Å². The molecule has 0 saturated carbocycles. The third-order valence-corrected chi connectivity index (χ3v) is 2.24. The number of benzene rings is 1. The van der Waals surface area contributed by atoms with Gasteiger partial charge in [0.2, 0.25) is 0 Å². The minimum absolute atomic E-state index is 0.0296. The fourth-order valence-corrected chi connectivity index (χ4v) is 1.47. The smallest absolute Gasteiger partial charge is 0.328 e. The molecule has 1 aromatic carbocycles. The number of nitrogens with zero attached hydrogens (tertiary/aromatic N) is 2. The molecule has 7 nitrogen and oxygen atoms in total. The third-order valence-electron chi connectivity index (χ3n) is 2.24. The number of amides is 1. The molecule has 1 heterocycles. The standard InChI is InChI=1S/C11H12N4O3/c1-6-13-11(18-15-6)14-10(16)7-4-3-5-8(12)9(7)17-2/h3-5H,12H2,1-2H3,(H,13,14,15,16). The van der Waals surface area contributed by atoms with Crippen LogP contribution in [0.15, 0.2) is 22.7 Å². The first-order chi connectivity index (χ1) is 8.61. The molecular weight excluding hydrogens is 236 g/mol. The maximum absolute atomic E-state index is 12.0. The summed E-state index contributed by atoms with van der Waals surface area (Å²) in [6.07, 6.45) is 0. The summed E-state index contributed by atoms with van der Waals surface area (Å²) in [5, 5.41) is 6.03. The van der Waals surface area contributed by atoms with Crippen molar-refractivity contribution < 1.29 is 14.1 Å². The van der Waals surface area contributed by atoms with Crippen LogP contribution in [0.1, 0.15) is 16.2 Å². The van der Waals surface area contributed by atoms with Gasteiger partial charge in [0.1, 0.15) is 0 Å². The molecule has 94 valence electrons. The summed E-state index contributed by atoms with van der Waals surface area (Å²) in [4.78, 5) is 15.9. The maximum Gasteiger partial charge on any atom is 0.328 e. The molecule has 7 heteroatoms. The fourth-order valence-electron chi connectivity index (χ4n) is 1.47. The topological polar surface area (TPSA) is 103 Å². The molecule has 1 amide bonds. The van der Waals surface area contributed by atoms with Crippen LogP contribution < -0.4 is 15.8 Å². The minimum atomic E-state index is -0.428. The quantitative estimate of drug-likeness (QED) is 0.791. The summed E-state index contributed by atoms with van der Waals surface area (Å²) >= 11 is 0. The molecule has 0 atom stereocenters. The van der Waals surface area contributed by atoms with Crippen LogP contribution in [0.5, 0.6) is 5.75 Å². The molecule has 2 aromatic rings. The Morgan fingerprint density at radius 1 is 1.50 bits per heavy atom. The van der Waals surface area contributed by atoms with Gasteiger partial charge < -0.3 is 15.0 Å². The number of carbonyl (C=O) groups excluding carboxylic acids is 1. The van der Waals surface area contributed by atoms with Gasteiger partial charge in [0.15, 0.2) is 11.6 Å². The van der Waals surface area contributed by atoms with Crippen LogP contribution in [0.25, 0.3) is 0 Å². The Balaban J connectivity index is 2.26. The molecule has 18 heavy (non-hydrogen) atoms. The van der Waals surface area contributed by atoms with E-state index in [1.54, 1.807) is 25.1 Å². The summed E-state index contributed by atoms with van der Waals surface area (Å²) in [5.74, 6) is 0.318. The molecule has 0 saturated heterocycles. The molecule has 0 aliphatic rings. The zero-order valence-electron chi connectivity index (χ0n) is 9.93. The van der Waals surface area contributed by atoms with Crippen molar-refractivity contribution in [3.63, 3.8) is 0 Å². The minimum Gasteiger partial charge on any atom is -0.494 e. The fraction of sp³-hybridized carbons (Fsp3) is 0.182. The highest BCUT2D eigenvalue weighted by molar-refractivity contribution is 6.06. The highest BCUT2D eigenvalue weighted by Crippen LogP contribution is 2.26. The zero-order chi connectivity index (χ0) is 13.1. The summed E-state index contributed by atoms with van der Waals surface area (Å²) in [7, 11) is 1.44. The number of aromatic nitrogens is 2.